The molecule has 0 bridgehead atoms. The third-order valence-electron chi connectivity index (χ3n) is 2.97. The van der Waals surface area contributed by atoms with Crippen molar-refractivity contribution in [3.63, 3.8) is 0 Å². The van der Waals surface area contributed by atoms with Crippen LogP contribution in [0, 0.1) is 6.92 Å². The van der Waals surface area contributed by atoms with Crippen LogP contribution < -0.4 is 10.6 Å². The lowest BCUT2D eigenvalue weighted by Crippen LogP contribution is -2.26. The Morgan fingerprint density at radius 2 is 1.85 bits per heavy atom. The number of nitrogens with zero attached hydrogens (tertiary/aromatic N) is 2. The Morgan fingerprint density at radius 3 is 2.55 bits per heavy atom. The average Bonchev–Trinajstić information content (AvgIpc) is 2.43. The van der Waals surface area contributed by atoms with Crippen molar-refractivity contribution in [1.29, 1.82) is 0 Å². The summed E-state index contributed by atoms with van der Waals surface area (Å²) in [6.45, 7) is 7.64. The summed E-state index contributed by atoms with van der Waals surface area (Å²) in [4.78, 5) is 20.5. The number of aromatic nitrogens is 2. The Morgan fingerprint density at radius 1 is 1.10 bits per heavy atom. The summed E-state index contributed by atoms with van der Waals surface area (Å²) in [6, 6.07) is 1.72. The molecule has 0 aliphatic heterocycles. The lowest BCUT2D eigenvalue weighted by atomic mass is 10.2. The fraction of sp³-hybridized carbons (Fsp3) is 0.667. The predicted molar refractivity (Wildman–Crippen MR) is 82.0 cm³/mol. The van der Waals surface area contributed by atoms with Crippen LogP contribution in [0.25, 0.3) is 0 Å². The number of aryl methyl sites for hydroxylation is 1. The fourth-order valence-electron chi connectivity index (χ4n) is 1.84. The number of unbranched alkanes of at least 4 members (excludes halogenated alkanes) is 3. The molecule has 1 rings (SSSR count). The second-order valence-corrected chi connectivity index (χ2v) is 4.93. The van der Waals surface area contributed by atoms with Gasteiger partial charge in [-0.2, -0.15) is 0 Å². The first kappa shape index (κ1) is 16.4. The van der Waals surface area contributed by atoms with Gasteiger partial charge in [-0.15, -0.1) is 0 Å². The molecule has 5 heteroatoms. The second-order valence-electron chi connectivity index (χ2n) is 4.93. The minimum Gasteiger partial charge on any atom is -0.370 e. The molecule has 0 radical (unpaired) electrons. The molecule has 5 nitrogen and oxygen atoms in total. The van der Waals surface area contributed by atoms with E-state index in [0.29, 0.717) is 18.1 Å². The number of anilines is 1. The Balaban J connectivity index is 2.58. The van der Waals surface area contributed by atoms with Gasteiger partial charge in [0, 0.05) is 19.2 Å². The van der Waals surface area contributed by atoms with Gasteiger partial charge in [0.2, 0.25) is 0 Å². The molecule has 0 saturated carbocycles. The van der Waals surface area contributed by atoms with Crippen molar-refractivity contribution in [1.82, 2.24) is 15.3 Å². The molecule has 0 spiro atoms. The van der Waals surface area contributed by atoms with Crippen molar-refractivity contribution in [2.45, 2.75) is 52.9 Å². The molecule has 0 aliphatic rings. The normalized spacial score (nSPS) is 10.3. The third kappa shape index (κ3) is 5.99. The maximum absolute atomic E-state index is 12.0. The van der Waals surface area contributed by atoms with Crippen molar-refractivity contribution < 1.29 is 4.79 Å². The predicted octanol–water partition coefficient (Wildman–Crippen LogP) is 2.92. The Hall–Kier alpha value is -1.65. The highest BCUT2D eigenvalue weighted by Crippen LogP contribution is 2.07. The molecule has 1 aromatic heterocycles. The molecule has 0 saturated heterocycles. The van der Waals surface area contributed by atoms with Gasteiger partial charge in [0.1, 0.15) is 17.3 Å². The maximum atomic E-state index is 12.0. The fourth-order valence-corrected chi connectivity index (χ4v) is 1.84. The van der Waals surface area contributed by atoms with E-state index in [2.05, 4.69) is 34.4 Å². The number of carbonyl (C=O) groups excluding carboxylic acids is 1. The van der Waals surface area contributed by atoms with E-state index in [1.807, 2.05) is 0 Å². The van der Waals surface area contributed by atoms with Gasteiger partial charge in [0.15, 0.2) is 0 Å². The Kier molecular flexibility index (Phi) is 7.62. The summed E-state index contributed by atoms with van der Waals surface area (Å²) in [5.41, 5.74) is 0.437. The zero-order valence-electron chi connectivity index (χ0n) is 12.8. The molecule has 1 amide bonds. The number of hydrogen-bond acceptors (Lipinski definition) is 4. The molecule has 0 fully saturated rings. The van der Waals surface area contributed by atoms with Crippen molar-refractivity contribution in [2.24, 2.45) is 0 Å². The monoisotopic (exact) mass is 278 g/mol. The molecule has 112 valence electrons. The first-order valence-corrected chi connectivity index (χ1v) is 7.55. The van der Waals surface area contributed by atoms with Crippen LogP contribution in [0.5, 0.6) is 0 Å². The van der Waals surface area contributed by atoms with Gasteiger partial charge < -0.3 is 10.6 Å². The molecule has 0 unspecified atom stereocenters. The molecule has 1 heterocycles. The zero-order valence-corrected chi connectivity index (χ0v) is 12.8. The summed E-state index contributed by atoms with van der Waals surface area (Å²) in [5.74, 6) is 1.22. The van der Waals surface area contributed by atoms with Crippen LogP contribution in [-0.4, -0.2) is 29.0 Å². The van der Waals surface area contributed by atoms with Crippen molar-refractivity contribution in [3.8, 4) is 0 Å². The standard InChI is InChI=1S/C15H26N4O/c1-4-6-8-10-16-14-11-13(18-12(3)19-14)15(20)17-9-7-5-2/h11H,4-10H2,1-3H3,(H,17,20)(H,16,18,19). The van der Waals surface area contributed by atoms with Crippen molar-refractivity contribution in [3.05, 3.63) is 17.6 Å². The van der Waals surface area contributed by atoms with Gasteiger partial charge in [-0.3, -0.25) is 4.79 Å². The minimum atomic E-state index is -0.124. The van der Waals surface area contributed by atoms with Crippen molar-refractivity contribution in [2.75, 3.05) is 18.4 Å². The van der Waals surface area contributed by atoms with Gasteiger partial charge in [0.25, 0.3) is 5.91 Å². The molecule has 0 aliphatic carbocycles. The number of hydrogen-bond donors (Lipinski definition) is 2. The van der Waals surface area contributed by atoms with E-state index in [9.17, 15) is 4.79 Å². The SMILES string of the molecule is CCCCCNc1cc(C(=O)NCCCC)nc(C)n1. The number of carbonyl (C=O) groups is 1. The summed E-state index contributed by atoms with van der Waals surface area (Å²) in [5, 5.41) is 6.13. The second kappa shape index (κ2) is 9.28. The van der Waals surface area contributed by atoms with Crippen LogP contribution >= 0.6 is 0 Å². The van der Waals surface area contributed by atoms with Crippen LogP contribution in [0.2, 0.25) is 0 Å². The minimum absolute atomic E-state index is 0.124. The highest BCUT2D eigenvalue weighted by atomic mass is 16.1. The third-order valence-corrected chi connectivity index (χ3v) is 2.97. The van der Waals surface area contributed by atoms with Crippen LogP contribution in [0.1, 0.15) is 62.3 Å². The van der Waals surface area contributed by atoms with E-state index < -0.39 is 0 Å². The number of rotatable bonds is 9. The molecular weight excluding hydrogens is 252 g/mol. The lowest BCUT2D eigenvalue weighted by Gasteiger charge is -2.08. The quantitative estimate of drug-likeness (QED) is 0.682. The smallest absolute Gasteiger partial charge is 0.270 e. The highest BCUT2D eigenvalue weighted by Gasteiger charge is 2.09. The van der Waals surface area contributed by atoms with Crippen molar-refractivity contribution >= 4 is 11.7 Å². The number of amides is 1. The van der Waals surface area contributed by atoms with E-state index in [4.69, 9.17) is 0 Å². The summed E-state index contributed by atoms with van der Waals surface area (Å²) in [7, 11) is 0. The maximum Gasteiger partial charge on any atom is 0.270 e. The summed E-state index contributed by atoms with van der Waals surface area (Å²) >= 11 is 0. The van der Waals surface area contributed by atoms with Crippen LogP contribution in [-0.2, 0) is 0 Å². The van der Waals surface area contributed by atoms with Gasteiger partial charge >= 0.3 is 0 Å². The first-order valence-electron chi connectivity index (χ1n) is 7.55. The van der Waals surface area contributed by atoms with E-state index >= 15 is 0 Å². The van der Waals surface area contributed by atoms with E-state index in [1.54, 1.807) is 13.0 Å². The van der Waals surface area contributed by atoms with Crippen LogP contribution in [0.15, 0.2) is 6.07 Å². The Bertz CT molecular complexity index is 420. The average molecular weight is 278 g/mol. The molecule has 0 atom stereocenters. The van der Waals surface area contributed by atoms with Gasteiger partial charge in [-0.25, -0.2) is 9.97 Å². The Labute approximate surface area is 121 Å². The van der Waals surface area contributed by atoms with Crippen LogP contribution in [0.3, 0.4) is 0 Å². The largest absolute Gasteiger partial charge is 0.370 e. The molecule has 2 N–H and O–H groups in total. The summed E-state index contributed by atoms with van der Waals surface area (Å²) in [6.07, 6.45) is 5.54. The highest BCUT2D eigenvalue weighted by molar-refractivity contribution is 5.92. The van der Waals surface area contributed by atoms with E-state index in [1.165, 1.54) is 12.8 Å². The lowest BCUT2D eigenvalue weighted by molar-refractivity contribution is 0.0948. The van der Waals surface area contributed by atoms with Gasteiger partial charge in [-0.1, -0.05) is 33.1 Å². The zero-order chi connectivity index (χ0) is 14.8. The molecule has 0 aromatic carbocycles. The first-order chi connectivity index (χ1) is 9.67. The van der Waals surface area contributed by atoms with E-state index in [0.717, 1.165) is 31.6 Å². The number of nitrogens with one attached hydrogen (secondary N) is 2. The topological polar surface area (TPSA) is 66.9 Å². The van der Waals surface area contributed by atoms with Gasteiger partial charge in [-0.05, 0) is 19.8 Å². The van der Waals surface area contributed by atoms with E-state index in [-0.39, 0.29) is 5.91 Å². The molecule has 20 heavy (non-hydrogen) atoms. The molecule has 1 aromatic rings. The molecular formula is C15H26N4O. The van der Waals surface area contributed by atoms with Crippen LogP contribution in [0.4, 0.5) is 5.82 Å². The summed E-state index contributed by atoms with van der Waals surface area (Å²) < 4.78 is 0. The van der Waals surface area contributed by atoms with Gasteiger partial charge in [0.05, 0.1) is 0 Å².